The number of carbonyl (C=O) groups excluding carboxylic acids is 2. The molecule has 5 rings (SSSR count). The summed E-state index contributed by atoms with van der Waals surface area (Å²) in [5, 5.41) is 21.1. The second-order valence-corrected chi connectivity index (χ2v) is 9.78. The number of rotatable bonds is 6. The highest BCUT2D eigenvalue weighted by atomic mass is 16.3. The lowest BCUT2D eigenvalue weighted by Crippen LogP contribution is -2.28. The van der Waals surface area contributed by atoms with Gasteiger partial charge in [-0.05, 0) is 37.1 Å². The van der Waals surface area contributed by atoms with Crippen LogP contribution in [0.15, 0.2) is 78.3 Å². The lowest BCUT2D eigenvalue weighted by Gasteiger charge is -2.26. The molecule has 0 saturated heterocycles. The monoisotopic (exact) mass is 490 g/mol. The summed E-state index contributed by atoms with van der Waals surface area (Å²) in [4.78, 5) is 34.7. The highest BCUT2D eigenvalue weighted by Gasteiger charge is 2.32. The van der Waals surface area contributed by atoms with E-state index in [1.165, 1.54) is 12.4 Å². The number of nitrogens with zero attached hydrogens (tertiary/aromatic N) is 2. The lowest BCUT2D eigenvalue weighted by atomic mass is 9.85. The van der Waals surface area contributed by atoms with Crippen LogP contribution in [0.2, 0.25) is 0 Å². The maximum absolute atomic E-state index is 12.7. The number of ketones is 2. The summed E-state index contributed by atoms with van der Waals surface area (Å²) >= 11 is 0. The van der Waals surface area contributed by atoms with Crippen molar-refractivity contribution in [2.45, 2.75) is 75.3 Å². The fourth-order valence-corrected chi connectivity index (χ4v) is 5.34. The zero-order valence-electron chi connectivity index (χ0n) is 20.0. The molecule has 3 aliphatic rings. The van der Waals surface area contributed by atoms with Crippen LogP contribution < -0.4 is 0 Å². The second kappa shape index (κ2) is 10.5. The largest absolute Gasteiger partial charge is 0.511 e. The molecule has 2 N–H and O–H groups in total. The van der Waals surface area contributed by atoms with Crippen LogP contribution in [-0.2, 0) is 9.59 Å². The van der Waals surface area contributed by atoms with Crippen molar-refractivity contribution in [3.8, 4) is 0 Å². The molecular weight excluding hydrogens is 460 g/mol. The van der Waals surface area contributed by atoms with Gasteiger partial charge in [0.15, 0.2) is 11.6 Å². The van der Waals surface area contributed by atoms with E-state index in [9.17, 15) is 19.8 Å². The minimum absolute atomic E-state index is 0.0289. The molecule has 8 nitrogen and oxygen atoms in total. The van der Waals surface area contributed by atoms with Crippen molar-refractivity contribution in [1.29, 1.82) is 0 Å². The summed E-state index contributed by atoms with van der Waals surface area (Å²) in [6.07, 6.45) is 10.9. The molecule has 0 radical (unpaired) electrons. The van der Waals surface area contributed by atoms with Crippen LogP contribution in [-0.4, -0.2) is 46.3 Å². The Morgan fingerprint density at radius 1 is 0.722 bits per heavy atom. The van der Waals surface area contributed by atoms with Crippen molar-refractivity contribution in [2.75, 3.05) is 0 Å². The van der Waals surface area contributed by atoms with Crippen molar-refractivity contribution in [2.24, 2.45) is 9.98 Å². The molecule has 2 unspecified atom stereocenters. The third-order valence-electron chi connectivity index (χ3n) is 7.34. The fraction of sp³-hybridized carbons (Fsp3) is 0.429. The Morgan fingerprint density at radius 2 is 1.17 bits per heavy atom. The molecule has 0 aromatic carbocycles. The molecule has 4 atom stereocenters. The Labute approximate surface area is 209 Å². The molecule has 0 amide bonds. The Morgan fingerprint density at radius 3 is 1.53 bits per heavy atom. The van der Waals surface area contributed by atoms with Crippen LogP contribution in [0.25, 0.3) is 0 Å². The standard InChI is InChI=1S/C28H30N2O6/c31-23-11-17(27-7-3-9-35-27)12-24(32)19(23)15-29-21-5-1-2-6-22(21)30-16-20-25(33)13-18(14-26(20)34)28-8-4-10-36-28/h3-4,7-10,15-18,21-22,31,33H,1-2,5-6,11-14H2/t17?,18?,21-,22-/m0/s1. The molecular formula is C28H30N2O6. The van der Waals surface area contributed by atoms with Crippen LogP contribution >= 0.6 is 0 Å². The van der Waals surface area contributed by atoms with Crippen LogP contribution in [0.1, 0.15) is 74.7 Å². The number of allylic oxidation sites excluding steroid dienone is 4. The van der Waals surface area contributed by atoms with Gasteiger partial charge in [-0.25, -0.2) is 0 Å². The van der Waals surface area contributed by atoms with E-state index in [1.807, 2.05) is 12.1 Å². The Kier molecular flexibility index (Phi) is 7.02. The van der Waals surface area contributed by atoms with Crippen LogP contribution in [0, 0.1) is 0 Å². The van der Waals surface area contributed by atoms with Crippen molar-refractivity contribution in [1.82, 2.24) is 0 Å². The normalized spacial score (nSPS) is 28.1. The topological polar surface area (TPSA) is 126 Å². The molecule has 2 heterocycles. The second-order valence-electron chi connectivity index (χ2n) is 9.78. The number of aliphatic imine (C=N–C) groups is 2. The molecule has 8 heteroatoms. The van der Waals surface area contributed by atoms with Gasteiger partial charge in [0, 0.05) is 49.9 Å². The number of aliphatic hydroxyl groups excluding tert-OH is 2. The van der Waals surface area contributed by atoms with E-state index in [1.54, 1.807) is 24.7 Å². The van der Waals surface area contributed by atoms with E-state index < -0.39 is 0 Å². The molecule has 2 aromatic heterocycles. The first-order valence-electron chi connectivity index (χ1n) is 12.5. The van der Waals surface area contributed by atoms with Crippen molar-refractivity contribution in [3.05, 3.63) is 71.0 Å². The zero-order valence-corrected chi connectivity index (χ0v) is 20.0. The minimum Gasteiger partial charge on any atom is -0.511 e. The average molecular weight is 491 g/mol. The predicted octanol–water partition coefficient (Wildman–Crippen LogP) is 5.54. The van der Waals surface area contributed by atoms with Gasteiger partial charge in [0.1, 0.15) is 23.0 Å². The first-order valence-corrected chi connectivity index (χ1v) is 12.5. The molecule has 1 fully saturated rings. The summed E-state index contributed by atoms with van der Waals surface area (Å²) in [5.74, 6) is 0.789. The van der Waals surface area contributed by atoms with E-state index in [2.05, 4.69) is 9.98 Å². The average Bonchev–Trinajstić information content (AvgIpc) is 3.58. The highest BCUT2D eigenvalue weighted by Crippen LogP contribution is 2.35. The molecule has 1 saturated carbocycles. The summed E-state index contributed by atoms with van der Waals surface area (Å²) in [7, 11) is 0. The number of Topliss-reactive ketones (excluding diaryl/α,β-unsaturated/α-hetero) is 2. The van der Waals surface area contributed by atoms with E-state index in [0.717, 1.165) is 25.7 Å². The molecule has 2 aromatic rings. The molecule has 0 bridgehead atoms. The maximum atomic E-state index is 12.7. The molecule has 0 spiro atoms. The predicted molar refractivity (Wildman–Crippen MR) is 134 cm³/mol. The van der Waals surface area contributed by atoms with Crippen LogP contribution in [0.5, 0.6) is 0 Å². The number of hydrogen-bond donors (Lipinski definition) is 2. The fourth-order valence-electron chi connectivity index (χ4n) is 5.34. The van der Waals surface area contributed by atoms with Gasteiger partial charge in [-0.2, -0.15) is 0 Å². The SMILES string of the molecule is O=C1CC(c2ccco2)CC(O)=C1C=N[C@H]1CCCC[C@@H]1N=CC1=C(O)CC(c2ccco2)CC1=O. The van der Waals surface area contributed by atoms with Crippen LogP contribution in [0.3, 0.4) is 0 Å². The van der Waals surface area contributed by atoms with Crippen molar-refractivity contribution < 1.29 is 28.6 Å². The summed E-state index contributed by atoms with van der Waals surface area (Å²) in [5.41, 5.74) is 0.496. The van der Waals surface area contributed by atoms with Gasteiger partial charge in [0.05, 0.1) is 35.8 Å². The van der Waals surface area contributed by atoms with Gasteiger partial charge in [0.2, 0.25) is 0 Å². The Balaban J connectivity index is 1.28. The van der Waals surface area contributed by atoms with Gasteiger partial charge in [-0.15, -0.1) is 0 Å². The smallest absolute Gasteiger partial charge is 0.168 e. The number of carbonyl (C=O) groups is 2. The van der Waals surface area contributed by atoms with Gasteiger partial charge >= 0.3 is 0 Å². The van der Waals surface area contributed by atoms with Crippen molar-refractivity contribution >= 4 is 24.0 Å². The lowest BCUT2D eigenvalue weighted by molar-refractivity contribution is -0.117. The number of furan rings is 2. The van der Waals surface area contributed by atoms with E-state index in [-0.39, 0.29) is 71.0 Å². The van der Waals surface area contributed by atoms with Gasteiger partial charge in [0.25, 0.3) is 0 Å². The summed E-state index contributed by atoms with van der Waals surface area (Å²) < 4.78 is 10.8. The Bertz CT molecular complexity index is 1120. The number of hydrogen-bond acceptors (Lipinski definition) is 8. The third kappa shape index (κ3) is 5.12. The molecule has 188 valence electrons. The summed E-state index contributed by atoms with van der Waals surface area (Å²) in [6.45, 7) is 0. The van der Waals surface area contributed by atoms with Gasteiger partial charge in [-0.1, -0.05) is 12.8 Å². The van der Waals surface area contributed by atoms with E-state index in [4.69, 9.17) is 8.83 Å². The first-order chi connectivity index (χ1) is 17.5. The number of aliphatic hydroxyl groups is 2. The highest BCUT2D eigenvalue weighted by molar-refractivity contribution is 6.15. The molecule has 0 aliphatic heterocycles. The van der Waals surface area contributed by atoms with Gasteiger partial charge in [-0.3, -0.25) is 19.6 Å². The summed E-state index contributed by atoms with van der Waals surface area (Å²) in [6, 6.07) is 6.85. The molecule has 36 heavy (non-hydrogen) atoms. The van der Waals surface area contributed by atoms with Gasteiger partial charge < -0.3 is 19.0 Å². The van der Waals surface area contributed by atoms with E-state index in [0.29, 0.717) is 24.4 Å². The zero-order chi connectivity index (χ0) is 25.1. The minimum atomic E-state index is -0.168. The first kappa shape index (κ1) is 24.0. The quantitative estimate of drug-likeness (QED) is 0.512. The maximum Gasteiger partial charge on any atom is 0.168 e. The third-order valence-corrected chi connectivity index (χ3v) is 7.34. The van der Waals surface area contributed by atoms with Crippen molar-refractivity contribution in [3.63, 3.8) is 0 Å². The van der Waals surface area contributed by atoms with Crippen LogP contribution in [0.4, 0.5) is 0 Å². The Hall–Kier alpha value is -3.68. The molecule has 3 aliphatic carbocycles. The van der Waals surface area contributed by atoms with E-state index >= 15 is 0 Å².